The van der Waals surface area contributed by atoms with E-state index in [0.717, 1.165) is 24.3 Å². The number of imide groups is 1. The van der Waals surface area contributed by atoms with E-state index in [1.807, 2.05) is 55.5 Å². The minimum absolute atomic E-state index is 0.260. The Morgan fingerprint density at radius 2 is 1.54 bits per heavy atom. The number of piperidine rings is 1. The first-order valence-electron chi connectivity index (χ1n) is 12.0. The van der Waals surface area contributed by atoms with Gasteiger partial charge in [0, 0.05) is 24.5 Å². The van der Waals surface area contributed by atoms with Gasteiger partial charge in [-0.25, -0.2) is 4.90 Å². The Bertz CT molecular complexity index is 1280. The average molecular weight is 468 g/mol. The molecule has 1 fully saturated rings. The highest BCUT2D eigenvalue weighted by Gasteiger charge is 2.41. The molecule has 2 aliphatic rings. The fourth-order valence-electron chi connectivity index (χ4n) is 4.76. The van der Waals surface area contributed by atoms with E-state index in [0.29, 0.717) is 22.6 Å². The summed E-state index contributed by atoms with van der Waals surface area (Å²) in [5.74, 6) is -0.313. The summed E-state index contributed by atoms with van der Waals surface area (Å²) in [6.07, 6.45) is 3.70. The topological polar surface area (TPSA) is 61.9 Å². The van der Waals surface area contributed by atoms with Gasteiger partial charge in [0.1, 0.15) is 11.4 Å². The highest BCUT2D eigenvalue weighted by molar-refractivity contribution is 6.46. The zero-order valence-corrected chi connectivity index (χ0v) is 20.1. The van der Waals surface area contributed by atoms with Crippen LogP contribution >= 0.6 is 0 Å². The van der Waals surface area contributed by atoms with Crippen LogP contribution in [0.4, 0.5) is 17.1 Å². The summed E-state index contributed by atoms with van der Waals surface area (Å²) < 4.78 is 5.48. The van der Waals surface area contributed by atoms with E-state index in [-0.39, 0.29) is 11.6 Å². The predicted molar refractivity (Wildman–Crippen MR) is 140 cm³/mol. The smallest absolute Gasteiger partial charge is 0.282 e. The average Bonchev–Trinajstić information content (AvgIpc) is 3.14. The lowest BCUT2D eigenvalue weighted by Gasteiger charge is -2.28. The summed E-state index contributed by atoms with van der Waals surface area (Å²) in [5, 5.41) is 3.26. The minimum atomic E-state index is -0.405. The maximum atomic E-state index is 13.7. The van der Waals surface area contributed by atoms with E-state index >= 15 is 0 Å². The van der Waals surface area contributed by atoms with Gasteiger partial charge in [-0.2, -0.15) is 0 Å². The second kappa shape index (κ2) is 9.66. The minimum Gasteiger partial charge on any atom is -0.495 e. The molecule has 178 valence electrons. The molecule has 0 aliphatic carbocycles. The molecule has 1 saturated heterocycles. The Kier molecular flexibility index (Phi) is 6.27. The van der Waals surface area contributed by atoms with E-state index in [1.54, 1.807) is 12.1 Å². The Morgan fingerprint density at radius 3 is 2.23 bits per heavy atom. The lowest BCUT2D eigenvalue weighted by molar-refractivity contribution is -0.120. The largest absolute Gasteiger partial charge is 0.495 e. The predicted octanol–water partition coefficient (Wildman–Crippen LogP) is 5.39. The van der Waals surface area contributed by atoms with Gasteiger partial charge in [0.05, 0.1) is 18.4 Å². The number of hydrogen-bond acceptors (Lipinski definition) is 5. The number of hydrogen-bond donors (Lipinski definition) is 1. The zero-order chi connectivity index (χ0) is 24.4. The molecule has 0 spiro atoms. The van der Waals surface area contributed by atoms with Gasteiger partial charge in [-0.05, 0) is 73.7 Å². The molecular weight excluding hydrogens is 438 g/mol. The van der Waals surface area contributed by atoms with Crippen molar-refractivity contribution < 1.29 is 14.3 Å². The van der Waals surface area contributed by atoms with Gasteiger partial charge in [0.15, 0.2) is 0 Å². The number of amides is 2. The number of aryl methyl sites for hydroxylation is 1. The van der Waals surface area contributed by atoms with Gasteiger partial charge in [-0.15, -0.1) is 0 Å². The van der Waals surface area contributed by atoms with E-state index in [2.05, 4.69) is 22.3 Å². The van der Waals surface area contributed by atoms with Gasteiger partial charge < -0.3 is 15.0 Å². The number of nitrogens with zero attached hydrogens (tertiary/aromatic N) is 2. The Hall–Kier alpha value is -4.06. The highest BCUT2D eigenvalue weighted by atomic mass is 16.5. The molecule has 6 nitrogen and oxygen atoms in total. The molecule has 3 aromatic rings. The van der Waals surface area contributed by atoms with E-state index in [1.165, 1.54) is 37.0 Å². The maximum Gasteiger partial charge on any atom is 0.282 e. The van der Waals surface area contributed by atoms with Gasteiger partial charge in [0.25, 0.3) is 11.8 Å². The monoisotopic (exact) mass is 467 g/mol. The number of anilines is 3. The van der Waals surface area contributed by atoms with Crippen LogP contribution < -0.4 is 19.9 Å². The lowest BCUT2D eigenvalue weighted by atomic mass is 10.0. The molecule has 3 aromatic carbocycles. The van der Waals surface area contributed by atoms with Gasteiger partial charge in [0.2, 0.25) is 0 Å². The first kappa shape index (κ1) is 22.7. The SMILES string of the molecule is COc1ccc(C)cc1N1C(=O)C(Nc2ccc(N3CCCCC3)cc2)=C(c2ccccc2)C1=O. The number of carbonyl (C=O) groups excluding carboxylic acids is 2. The highest BCUT2D eigenvalue weighted by Crippen LogP contribution is 2.38. The third-order valence-electron chi connectivity index (χ3n) is 6.58. The first-order chi connectivity index (χ1) is 17.1. The quantitative estimate of drug-likeness (QED) is 0.493. The first-order valence-corrected chi connectivity index (χ1v) is 12.0. The number of carbonyl (C=O) groups is 2. The molecule has 0 radical (unpaired) electrons. The van der Waals surface area contributed by atoms with Crippen LogP contribution in [0.5, 0.6) is 5.75 Å². The molecule has 0 saturated carbocycles. The number of nitrogens with one attached hydrogen (secondary N) is 1. The number of rotatable bonds is 6. The Balaban J connectivity index is 1.51. The molecule has 1 N–H and O–H groups in total. The molecule has 6 heteroatoms. The van der Waals surface area contributed by atoms with Crippen molar-refractivity contribution in [3.05, 3.63) is 89.6 Å². The third kappa shape index (κ3) is 4.39. The summed E-state index contributed by atoms with van der Waals surface area (Å²) in [6.45, 7) is 4.05. The molecule has 2 heterocycles. The molecule has 35 heavy (non-hydrogen) atoms. The van der Waals surface area contributed by atoms with E-state index < -0.39 is 5.91 Å². The zero-order valence-electron chi connectivity index (χ0n) is 20.1. The molecule has 5 rings (SSSR count). The Morgan fingerprint density at radius 1 is 0.829 bits per heavy atom. The molecule has 0 bridgehead atoms. The standard InChI is InChI=1S/C29H29N3O3/c1-20-11-16-25(35-2)24(19-20)32-28(33)26(21-9-5-3-6-10-21)27(29(32)34)30-22-12-14-23(15-13-22)31-17-7-4-8-18-31/h3,5-6,9-16,19,30H,4,7-8,17-18H2,1-2H3. The molecule has 0 aromatic heterocycles. The molecular formula is C29H29N3O3. The van der Waals surface area contributed by atoms with Crippen molar-refractivity contribution >= 4 is 34.4 Å². The van der Waals surface area contributed by atoms with Crippen LogP contribution in [0.25, 0.3) is 5.57 Å². The molecule has 2 amide bonds. The van der Waals surface area contributed by atoms with Crippen molar-refractivity contribution in [2.75, 3.05) is 35.3 Å². The van der Waals surface area contributed by atoms with Gasteiger partial charge in [-0.3, -0.25) is 9.59 Å². The molecule has 0 atom stereocenters. The second-order valence-electron chi connectivity index (χ2n) is 8.96. The van der Waals surface area contributed by atoms with Crippen molar-refractivity contribution in [3.8, 4) is 5.75 Å². The maximum absolute atomic E-state index is 13.7. The number of methoxy groups -OCH3 is 1. The van der Waals surface area contributed by atoms with Crippen molar-refractivity contribution in [2.24, 2.45) is 0 Å². The fraction of sp³-hybridized carbons (Fsp3) is 0.241. The third-order valence-corrected chi connectivity index (χ3v) is 6.58. The van der Waals surface area contributed by atoms with Gasteiger partial charge >= 0.3 is 0 Å². The van der Waals surface area contributed by atoms with Crippen LogP contribution in [-0.2, 0) is 9.59 Å². The van der Waals surface area contributed by atoms with Crippen LogP contribution in [0.3, 0.4) is 0 Å². The van der Waals surface area contributed by atoms with Crippen molar-refractivity contribution in [1.82, 2.24) is 0 Å². The van der Waals surface area contributed by atoms with Crippen LogP contribution in [0.2, 0.25) is 0 Å². The van der Waals surface area contributed by atoms with Crippen LogP contribution in [0, 0.1) is 6.92 Å². The molecule has 2 aliphatic heterocycles. The summed E-state index contributed by atoms with van der Waals surface area (Å²) in [5.41, 5.74) is 4.59. The van der Waals surface area contributed by atoms with E-state index in [4.69, 9.17) is 4.74 Å². The van der Waals surface area contributed by atoms with Crippen molar-refractivity contribution in [3.63, 3.8) is 0 Å². The number of benzene rings is 3. The summed E-state index contributed by atoms with van der Waals surface area (Å²) in [4.78, 5) is 31.0. The van der Waals surface area contributed by atoms with Crippen molar-refractivity contribution in [2.45, 2.75) is 26.2 Å². The fourth-order valence-corrected chi connectivity index (χ4v) is 4.76. The normalized spacial score (nSPS) is 16.2. The summed E-state index contributed by atoms with van der Waals surface area (Å²) in [6, 6.07) is 22.8. The molecule has 0 unspecified atom stereocenters. The van der Waals surface area contributed by atoms with Gasteiger partial charge in [-0.1, -0.05) is 36.4 Å². The van der Waals surface area contributed by atoms with Crippen LogP contribution in [-0.4, -0.2) is 32.0 Å². The lowest BCUT2D eigenvalue weighted by Crippen LogP contribution is -2.32. The van der Waals surface area contributed by atoms with Crippen LogP contribution in [0.1, 0.15) is 30.4 Å². The summed E-state index contributed by atoms with van der Waals surface area (Å²) in [7, 11) is 1.54. The van der Waals surface area contributed by atoms with Crippen LogP contribution in [0.15, 0.2) is 78.5 Å². The number of ether oxygens (including phenoxy) is 1. The summed E-state index contributed by atoms with van der Waals surface area (Å²) >= 11 is 0. The Labute approximate surface area is 205 Å². The van der Waals surface area contributed by atoms with E-state index in [9.17, 15) is 9.59 Å². The second-order valence-corrected chi connectivity index (χ2v) is 8.96. The van der Waals surface area contributed by atoms with Crippen molar-refractivity contribution in [1.29, 1.82) is 0 Å².